The molecule has 13 heavy (non-hydrogen) atoms. The fourth-order valence-electron chi connectivity index (χ4n) is 1.17. The van der Waals surface area contributed by atoms with E-state index in [2.05, 4.69) is 19.1 Å². The number of rotatable bonds is 8. The molecule has 0 saturated heterocycles. The Morgan fingerprint density at radius 1 is 0.923 bits per heavy atom. The van der Waals surface area contributed by atoms with Crippen LogP contribution in [0.25, 0.3) is 0 Å². The lowest BCUT2D eigenvalue weighted by molar-refractivity contribution is 0.637. The number of allylic oxidation sites excluding steroid dienone is 5. The van der Waals surface area contributed by atoms with E-state index in [4.69, 9.17) is 6.58 Å². The van der Waals surface area contributed by atoms with Gasteiger partial charge in [-0.2, -0.15) is 0 Å². The topological polar surface area (TPSA) is 0 Å². The van der Waals surface area contributed by atoms with Gasteiger partial charge in [-0.25, -0.2) is 0 Å². The number of hydrogen-bond donors (Lipinski definition) is 0. The Balaban J connectivity index is 3.10. The predicted molar refractivity (Wildman–Crippen MR) is 60.5 cm³/mol. The second kappa shape index (κ2) is 11.2. The summed E-state index contributed by atoms with van der Waals surface area (Å²) in [6.07, 6.45) is 17.6. The van der Waals surface area contributed by atoms with Gasteiger partial charge in [0, 0.05) is 0 Å². The summed E-state index contributed by atoms with van der Waals surface area (Å²) in [7, 11) is 0. The molecule has 0 saturated carbocycles. The summed E-state index contributed by atoms with van der Waals surface area (Å²) in [4.78, 5) is 0. The minimum atomic E-state index is 1.19. The fourth-order valence-corrected chi connectivity index (χ4v) is 1.17. The van der Waals surface area contributed by atoms with Crippen molar-refractivity contribution in [2.45, 2.75) is 45.4 Å². The van der Waals surface area contributed by atoms with Crippen LogP contribution in [0, 0.1) is 6.58 Å². The molecule has 0 atom stereocenters. The van der Waals surface area contributed by atoms with Gasteiger partial charge in [0.2, 0.25) is 0 Å². The third kappa shape index (κ3) is 11.2. The van der Waals surface area contributed by atoms with E-state index >= 15 is 0 Å². The third-order valence-electron chi connectivity index (χ3n) is 1.94. The highest BCUT2D eigenvalue weighted by Gasteiger charge is 1.85. The van der Waals surface area contributed by atoms with Gasteiger partial charge < -0.3 is 0 Å². The summed E-state index contributed by atoms with van der Waals surface area (Å²) in [5.41, 5.74) is 0. The Kier molecular flexibility index (Phi) is 10.5. The Morgan fingerprint density at radius 2 is 1.69 bits per heavy atom. The lowest BCUT2D eigenvalue weighted by Gasteiger charge is -1.95. The van der Waals surface area contributed by atoms with Crippen LogP contribution in [0.3, 0.4) is 0 Å². The van der Waals surface area contributed by atoms with E-state index in [1.807, 2.05) is 12.2 Å². The maximum absolute atomic E-state index is 5.18. The van der Waals surface area contributed by atoms with E-state index in [1.165, 1.54) is 38.5 Å². The second-order valence-corrected chi connectivity index (χ2v) is 3.21. The maximum atomic E-state index is 5.18. The van der Waals surface area contributed by atoms with Crippen LogP contribution in [0.2, 0.25) is 0 Å². The molecule has 73 valence electrons. The zero-order valence-corrected chi connectivity index (χ0v) is 8.71. The monoisotopic (exact) mass is 177 g/mol. The molecule has 0 aromatic carbocycles. The van der Waals surface area contributed by atoms with Crippen LogP contribution in [-0.2, 0) is 0 Å². The molecule has 0 unspecified atom stereocenters. The Hall–Kier alpha value is -0.780. The highest BCUT2D eigenvalue weighted by Crippen LogP contribution is 2.05. The van der Waals surface area contributed by atoms with Crippen molar-refractivity contribution in [1.29, 1.82) is 0 Å². The van der Waals surface area contributed by atoms with Crippen LogP contribution in [0.15, 0.2) is 30.4 Å². The van der Waals surface area contributed by atoms with E-state index in [1.54, 1.807) is 6.08 Å². The van der Waals surface area contributed by atoms with Crippen LogP contribution in [-0.4, -0.2) is 0 Å². The smallest absolute Gasteiger partial charge is 0.0348 e. The molecule has 0 heterocycles. The Bertz CT molecular complexity index is 151. The zero-order chi connectivity index (χ0) is 9.78. The molecule has 0 bridgehead atoms. The van der Waals surface area contributed by atoms with Gasteiger partial charge in [-0.15, -0.1) is 0 Å². The molecule has 0 rings (SSSR count). The first-order chi connectivity index (χ1) is 6.41. The largest absolute Gasteiger partial charge is 0.0845 e. The van der Waals surface area contributed by atoms with Gasteiger partial charge in [0.15, 0.2) is 0 Å². The van der Waals surface area contributed by atoms with Gasteiger partial charge in [0.05, 0.1) is 0 Å². The van der Waals surface area contributed by atoms with Gasteiger partial charge in [0.25, 0.3) is 0 Å². The number of unbranched alkanes of at least 4 members (excludes halogenated alkanes) is 5. The van der Waals surface area contributed by atoms with E-state index in [0.29, 0.717) is 0 Å². The van der Waals surface area contributed by atoms with Gasteiger partial charge in [-0.1, -0.05) is 69.6 Å². The van der Waals surface area contributed by atoms with E-state index in [-0.39, 0.29) is 0 Å². The second-order valence-electron chi connectivity index (χ2n) is 3.21. The molecule has 0 nitrogen and oxygen atoms in total. The van der Waals surface area contributed by atoms with Crippen LogP contribution >= 0.6 is 0 Å². The highest BCUT2D eigenvalue weighted by molar-refractivity contribution is 5.07. The molecule has 0 fully saturated rings. The van der Waals surface area contributed by atoms with Gasteiger partial charge >= 0.3 is 0 Å². The van der Waals surface area contributed by atoms with E-state index in [0.717, 1.165) is 0 Å². The highest BCUT2D eigenvalue weighted by atomic mass is 13.9. The number of hydrogen-bond acceptors (Lipinski definition) is 0. The average molecular weight is 177 g/mol. The van der Waals surface area contributed by atoms with Gasteiger partial charge in [-0.3, -0.25) is 0 Å². The third-order valence-corrected chi connectivity index (χ3v) is 1.94. The summed E-state index contributed by atoms with van der Waals surface area (Å²) in [6, 6.07) is 0. The predicted octanol–water partition coefficient (Wildman–Crippen LogP) is 4.45. The Labute approximate surface area is 83.0 Å². The first kappa shape index (κ1) is 12.2. The van der Waals surface area contributed by atoms with Crippen LogP contribution < -0.4 is 0 Å². The SMILES string of the molecule is [CH]=C/C=C/C=C/CCCCCCC. The van der Waals surface area contributed by atoms with Crippen molar-refractivity contribution >= 4 is 0 Å². The van der Waals surface area contributed by atoms with Crippen molar-refractivity contribution in [3.63, 3.8) is 0 Å². The minimum absolute atomic E-state index is 1.19. The molecular formula is C13H21. The standard InChI is InChI=1S/C13H21/c1-3-5-7-9-11-13-12-10-8-6-4-2/h1,3,5,7,9,11H,4,6,8,10,12-13H2,2H3/b3-1?,7-5+,11-9+. The zero-order valence-electron chi connectivity index (χ0n) is 8.71. The molecular weight excluding hydrogens is 156 g/mol. The summed E-state index contributed by atoms with van der Waals surface area (Å²) >= 11 is 0. The van der Waals surface area contributed by atoms with Crippen molar-refractivity contribution < 1.29 is 0 Å². The molecule has 0 aliphatic rings. The molecule has 0 N–H and O–H groups in total. The summed E-state index contributed by atoms with van der Waals surface area (Å²) < 4.78 is 0. The van der Waals surface area contributed by atoms with Crippen LogP contribution in [0.5, 0.6) is 0 Å². The average Bonchev–Trinajstić information content (AvgIpc) is 2.16. The molecule has 0 amide bonds. The van der Waals surface area contributed by atoms with Crippen molar-refractivity contribution in [1.82, 2.24) is 0 Å². The molecule has 0 aromatic heterocycles. The summed E-state index contributed by atoms with van der Waals surface area (Å²) in [5.74, 6) is 0. The van der Waals surface area contributed by atoms with Gasteiger partial charge in [-0.05, 0) is 12.8 Å². The lowest BCUT2D eigenvalue weighted by Crippen LogP contribution is -1.75. The van der Waals surface area contributed by atoms with Crippen LogP contribution in [0.1, 0.15) is 45.4 Å². The maximum Gasteiger partial charge on any atom is -0.0348 e. The molecule has 0 aromatic rings. The van der Waals surface area contributed by atoms with Crippen molar-refractivity contribution in [3.05, 3.63) is 37.0 Å². The normalized spacial score (nSPS) is 11.5. The minimum Gasteiger partial charge on any atom is -0.0845 e. The molecule has 0 spiro atoms. The van der Waals surface area contributed by atoms with Crippen molar-refractivity contribution in [2.24, 2.45) is 0 Å². The molecule has 0 aliphatic heterocycles. The Morgan fingerprint density at radius 3 is 2.38 bits per heavy atom. The van der Waals surface area contributed by atoms with Crippen molar-refractivity contribution in [3.8, 4) is 0 Å². The lowest BCUT2D eigenvalue weighted by atomic mass is 10.1. The first-order valence-electron chi connectivity index (χ1n) is 5.28. The summed E-state index contributed by atoms with van der Waals surface area (Å²) in [5, 5.41) is 0. The van der Waals surface area contributed by atoms with Gasteiger partial charge in [0.1, 0.15) is 0 Å². The molecule has 0 heteroatoms. The first-order valence-corrected chi connectivity index (χ1v) is 5.28. The van der Waals surface area contributed by atoms with Crippen molar-refractivity contribution in [2.75, 3.05) is 0 Å². The van der Waals surface area contributed by atoms with Crippen LogP contribution in [0.4, 0.5) is 0 Å². The molecule has 1 radical (unpaired) electrons. The summed E-state index contributed by atoms with van der Waals surface area (Å²) in [6.45, 7) is 7.42. The van der Waals surface area contributed by atoms with E-state index in [9.17, 15) is 0 Å². The molecule has 0 aliphatic carbocycles. The van der Waals surface area contributed by atoms with E-state index < -0.39 is 0 Å². The fraction of sp³-hybridized carbons (Fsp3) is 0.538. The quantitative estimate of drug-likeness (QED) is 0.379.